The van der Waals surface area contributed by atoms with Crippen LogP contribution >= 0.6 is 0 Å². The summed E-state index contributed by atoms with van der Waals surface area (Å²) < 4.78 is 279. The van der Waals surface area contributed by atoms with E-state index >= 15 is 0 Å². The normalized spacial score (nSPS) is 16.1. The highest BCUT2D eigenvalue weighted by atomic mass is 32.2. The SMILES string of the molecule is CN(CC(CN(C)S(=O)(=O)C(F)(F)C(F)(F)C(F)(F)C(F)(F)F)C(=O)O)S(=O)(=O)C(F)(F)C(F)(F)C(F)(F)C(F)(F)F. The molecule has 0 spiro atoms. The molecule has 0 aromatic rings. The maximum absolute atomic E-state index is 13.9. The summed E-state index contributed by atoms with van der Waals surface area (Å²) in [5.41, 5.74) is 0. The number of hydrogen-bond acceptors (Lipinski definition) is 5. The molecule has 0 bridgehead atoms. The number of nitrogens with zero attached hydrogens (tertiary/aromatic N) is 2. The van der Waals surface area contributed by atoms with Crippen LogP contribution in [0.4, 0.5) is 79.0 Å². The molecule has 0 aliphatic carbocycles. The van der Waals surface area contributed by atoms with Crippen LogP contribution in [0.2, 0.25) is 0 Å². The van der Waals surface area contributed by atoms with E-state index in [1.54, 1.807) is 0 Å². The van der Waals surface area contributed by atoms with Gasteiger partial charge in [0.05, 0.1) is 5.92 Å². The van der Waals surface area contributed by atoms with Crippen LogP contribution in [0.3, 0.4) is 0 Å². The van der Waals surface area contributed by atoms with Gasteiger partial charge in [-0.2, -0.15) is 87.6 Å². The van der Waals surface area contributed by atoms with E-state index in [1.807, 2.05) is 0 Å². The number of sulfonamides is 2. The molecule has 0 rings (SSSR count). The van der Waals surface area contributed by atoms with Crippen molar-refractivity contribution in [3.05, 3.63) is 0 Å². The Kier molecular flexibility index (Phi) is 10.4. The Morgan fingerprint density at radius 1 is 0.548 bits per heavy atom. The Morgan fingerprint density at radius 2 is 0.762 bits per heavy atom. The van der Waals surface area contributed by atoms with Crippen LogP contribution in [0, 0.1) is 5.92 Å². The third-order valence-electron chi connectivity index (χ3n) is 5.00. The van der Waals surface area contributed by atoms with Crippen molar-refractivity contribution in [3.63, 3.8) is 0 Å². The maximum Gasteiger partial charge on any atom is 0.460 e. The second-order valence-corrected chi connectivity index (χ2v) is 12.1. The van der Waals surface area contributed by atoms with Gasteiger partial charge < -0.3 is 5.11 Å². The highest BCUT2D eigenvalue weighted by Crippen LogP contribution is 2.56. The maximum atomic E-state index is 13.9. The molecule has 0 radical (unpaired) electrons. The zero-order valence-corrected chi connectivity index (χ0v) is 21.1. The van der Waals surface area contributed by atoms with Gasteiger partial charge in [0, 0.05) is 27.2 Å². The van der Waals surface area contributed by atoms with Crippen molar-refractivity contribution in [2.24, 2.45) is 5.92 Å². The quantitative estimate of drug-likeness (QED) is 0.289. The molecule has 0 aliphatic rings. The third-order valence-corrected chi connectivity index (χ3v) is 8.75. The molecule has 0 saturated carbocycles. The van der Waals surface area contributed by atoms with Gasteiger partial charge >= 0.3 is 52.5 Å². The monoisotopic (exact) mass is 710 g/mol. The Morgan fingerprint density at radius 3 is 0.929 bits per heavy atom. The number of hydrogen-bond donors (Lipinski definition) is 1. The molecule has 8 nitrogen and oxygen atoms in total. The molecule has 0 atom stereocenters. The van der Waals surface area contributed by atoms with Gasteiger partial charge in [-0.25, -0.2) is 16.8 Å². The van der Waals surface area contributed by atoms with E-state index in [9.17, 15) is 101 Å². The number of carboxylic acid groups (broad SMARTS) is 1. The van der Waals surface area contributed by atoms with Gasteiger partial charge in [0.2, 0.25) is 0 Å². The van der Waals surface area contributed by atoms with E-state index in [2.05, 4.69) is 0 Å². The smallest absolute Gasteiger partial charge is 0.460 e. The predicted octanol–water partition coefficient (Wildman–Crippen LogP) is 4.06. The van der Waals surface area contributed by atoms with Crippen molar-refractivity contribution in [2.75, 3.05) is 27.2 Å². The lowest BCUT2D eigenvalue weighted by Gasteiger charge is -2.36. The first kappa shape index (κ1) is 40.0. The van der Waals surface area contributed by atoms with Crippen molar-refractivity contribution in [1.29, 1.82) is 0 Å². The molecule has 28 heteroatoms. The van der Waals surface area contributed by atoms with Crippen molar-refractivity contribution in [1.82, 2.24) is 8.61 Å². The van der Waals surface area contributed by atoms with E-state index in [4.69, 9.17) is 5.11 Å². The lowest BCUT2D eigenvalue weighted by atomic mass is 10.1. The fourth-order valence-electron chi connectivity index (χ4n) is 2.47. The van der Waals surface area contributed by atoms with E-state index in [1.165, 1.54) is 0 Å². The largest absolute Gasteiger partial charge is 0.481 e. The molecule has 0 amide bonds. The number of rotatable bonds is 13. The van der Waals surface area contributed by atoms with Gasteiger partial charge in [-0.05, 0) is 0 Å². The summed E-state index contributed by atoms with van der Waals surface area (Å²) >= 11 is 0. The number of halogens is 18. The zero-order valence-electron chi connectivity index (χ0n) is 19.5. The molecular formula is C14H12F18N2O6S2. The summed E-state index contributed by atoms with van der Waals surface area (Å²) in [5, 5.41) is -6.01. The second-order valence-electron chi connectivity index (χ2n) is 7.93. The Bertz CT molecular complexity index is 1140. The summed E-state index contributed by atoms with van der Waals surface area (Å²) in [6.07, 6.45) is -15.1. The molecule has 1 N–H and O–H groups in total. The molecule has 0 aromatic carbocycles. The average Bonchev–Trinajstić information content (AvgIpc) is 2.75. The number of aliphatic carboxylic acids is 1. The van der Waals surface area contributed by atoms with E-state index in [0.29, 0.717) is 0 Å². The number of carboxylic acids is 1. The molecular weight excluding hydrogens is 698 g/mol. The van der Waals surface area contributed by atoms with Crippen LogP contribution in [0.15, 0.2) is 0 Å². The van der Waals surface area contributed by atoms with E-state index in [0.717, 1.165) is 0 Å². The van der Waals surface area contributed by atoms with Crippen LogP contribution < -0.4 is 0 Å². The Labute approximate surface area is 220 Å². The van der Waals surface area contributed by atoms with Gasteiger partial charge in [-0.1, -0.05) is 0 Å². The van der Waals surface area contributed by atoms with Crippen LogP contribution in [0.25, 0.3) is 0 Å². The molecule has 42 heavy (non-hydrogen) atoms. The third kappa shape index (κ3) is 5.90. The lowest BCUT2D eigenvalue weighted by molar-refractivity contribution is -0.382. The average molecular weight is 710 g/mol. The fraction of sp³-hybridized carbons (Fsp3) is 0.929. The Balaban J connectivity index is 6.52. The Hall–Kier alpha value is -1.97. The minimum Gasteiger partial charge on any atom is -0.481 e. The molecule has 0 aromatic heterocycles. The molecule has 0 saturated heterocycles. The van der Waals surface area contributed by atoms with Crippen molar-refractivity contribution < 1.29 is 106 Å². The second kappa shape index (κ2) is 10.9. The minimum atomic E-state index is -7.86. The fourth-order valence-corrected chi connectivity index (χ4v) is 4.91. The summed E-state index contributed by atoms with van der Waals surface area (Å²) in [4.78, 5) is 11.2. The van der Waals surface area contributed by atoms with E-state index in [-0.39, 0.29) is 0 Å². The summed E-state index contributed by atoms with van der Waals surface area (Å²) in [7, 11) is -16.0. The molecule has 0 aliphatic heterocycles. The van der Waals surface area contributed by atoms with Gasteiger partial charge in [0.25, 0.3) is 20.0 Å². The molecule has 252 valence electrons. The summed E-state index contributed by atoms with van der Waals surface area (Å²) in [6.45, 7) is -4.91. The molecule has 0 fully saturated rings. The van der Waals surface area contributed by atoms with E-state index < -0.39 is 114 Å². The number of carbonyl (C=O) groups is 1. The summed E-state index contributed by atoms with van der Waals surface area (Å²) in [6, 6.07) is 0. The van der Waals surface area contributed by atoms with Crippen LogP contribution in [0.1, 0.15) is 0 Å². The highest BCUT2D eigenvalue weighted by Gasteiger charge is 2.87. The first-order valence-electron chi connectivity index (χ1n) is 9.40. The number of alkyl halides is 18. The van der Waals surface area contributed by atoms with Crippen molar-refractivity contribution >= 4 is 26.0 Å². The highest BCUT2D eigenvalue weighted by molar-refractivity contribution is 7.90. The van der Waals surface area contributed by atoms with Gasteiger partial charge in [-0.3, -0.25) is 4.79 Å². The minimum absolute atomic E-state index is 0.442. The van der Waals surface area contributed by atoms with Gasteiger partial charge in [-0.15, -0.1) is 0 Å². The zero-order chi connectivity index (χ0) is 34.7. The van der Waals surface area contributed by atoms with Crippen LogP contribution in [-0.2, 0) is 24.8 Å². The van der Waals surface area contributed by atoms with Crippen LogP contribution in [0.5, 0.6) is 0 Å². The molecule has 0 unspecified atom stereocenters. The molecule has 0 heterocycles. The summed E-state index contributed by atoms with van der Waals surface area (Å²) in [5.74, 6) is -37.3. The first-order valence-corrected chi connectivity index (χ1v) is 12.3. The van der Waals surface area contributed by atoms with Crippen molar-refractivity contribution in [2.45, 2.75) is 46.6 Å². The van der Waals surface area contributed by atoms with Crippen LogP contribution in [-0.4, -0.2) is 110 Å². The van der Waals surface area contributed by atoms with Crippen molar-refractivity contribution in [3.8, 4) is 0 Å². The lowest BCUT2D eigenvalue weighted by Crippen LogP contribution is -2.65. The topological polar surface area (TPSA) is 112 Å². The van der Waals surface area contributed by atoms with Gasteiger partial charge in [0.15, 0.2) is 0 Å². The van der Waals surface area contributed by atoms with Gasteiger partial charge in [0.1, 0.15) is 0 Å². The predicted molar refractivity (Wildman–Crippen MR) is 96.0 cm³/mol. The standard InChI is InChI=1S/C14H12F18N2O6S2/c1-33(41(37,38)13(29,30)9(19,20)7(15,16)11(23,24)25)3-5(6(35)36)4-34(2)42(39,40)14(31,32)10(21,22)8(17,18)12(26,27)28/h5H,3-4H2,1-2H3,(H,35,36). The first-order chi connectivity index (χ1) is 17.9.